The number of rotatable bonds is 3. The summed E-state index contributed by atoms with van der Waals surface area (Å²) in [7, 11) is 4.40. The van der Waals surface area contributed by atoms with Crippen molar-refractivity contribution in [2.24, 2.45) is 5.41 Å². The molecule has 1 aliphatic rings. The second-order valence-corrected chi connectivity index (χ2v) is 7.40. The van der Waals surface area contributed by atoms with Crippen LogP contribution in [0.25, 0.3) is 0 Å². The number of nitrogens with zero attached hydrogens (tertiary/aromatic N) is 2. The van der Waals surface area contributed by atoms with Crippen molar-refractivity contribution in [3.63, 3.8) is 0 Å². The zero-order valence-electron chi connectivity index (χ0n) is 12.3. The number of likely N-dealkylation sites (tertiary alicyclic amines) is 1. The minimum absolute atomic E-state index is 0.336. The molecular formula is C14H30N2. The van der Waals surface area contributed by atoms with E-state index in [9.17, 15) is 0 Å². The molecule has 1 atom stereocenters. The predicted octanol–water partition coefficient (Wildman–Crippen LogP) is 2.84. The van der Waals surface area contributed by atoms with Crippen LogP contribution < -0.4 is 0 Å². The van der Waals surface area contributed by atoms with Gasteiger partial charge in [-0.05, 0) is 46.2 Å². The summed E-state index contributed by atoms with van der Waals surface area (Å²) in [6.07, 6.45) is 2.58. The highest BCUT2D eigenvalue weighted by Gasteiger charge is 2.36. The Morgan fingerprint density at radius 2 is 1.69 bits per heavy atom. The summed E-state index contributed by atoms with van der Waals surface area (Å²) in [5.41, 5.74) is 0.753. The van der Waals surface area contributed by atoms with Gasteiger partial charge in [0.15, 0.2) is 0 Å². The average molecular weight is 226 g/mol. The van der Waals surface area contributed by atoms with Crippen LogP contribution in [-0.4, -0.2) is 48.6 Å². The van der Waals surface area contributed by atoms with E-state index in [4.69, 9.17) is 0 Å². The molecule has 0 radical (unpaired) electrons. The minimum Gasteiger partial charge on any atom is -0.305 e. The van der Waals surface area contributed by atoms with E-state index in [1.54, 1.807) is 0 Å². The number of likely N-dealkylation sites (N-methyl/N-ethyl adjacent to an activating group) is 1. The third-order valence-corrected chi connectivity index (χ3v) is 3.71. The van der Waals surface area contributed by atoms with Crippen molar-refractivity contribution < 1.29 is 0 Å². The Morgan fingerprint density at radius 1 is 1.12 bits per heavy atom. The summed E-state index contributed by atoms with van der Waals surface area (Å²) < 4.78 is 0. The molecule has 0 aromatic heterocycles. The molecule has 1 saturated heterocycles. The van der Waals surface area contributed by atoms with Crippen LogP contribution in [0.1, 0.15) is 47.5 Å². The van der Waals surface area contributed by atoms with Crippen LogP contribution in [0.4, 0.5) is 0 Å². The third kappa shape index (κ3) is 3.74. The molecule has 0 spiro atoms. The molecule has 0 aliphatic carbocycles. The molecule has 1 rings (SSSR count). The molecule has 0 aromatic rings. The molecule has 0 saturated carbocycles. The fraction of sp³-hybridized carbons (Fsp3) is 1.00. The lowest BCUT2D eigenvalue weighted by atomic mass is 9.81. The Balaban J connectivity index is 2.58. The largest absolute Gasteiger partial charge is 0.305 e. The monoisotopic (exact) mass is 226 g/mol. The van der Waals surface area contributed by atoms with Gasteiger partial charge in [-0.2, -0.15) is 0 Å². The molecule has 1 heterocycles. The van der Waals surface area contributed by atoms with Crippen LogP contribution in [0, 0.1) is 5.41 Å². The van der Waals surface area contributed by atoms with Crippen molar-refractivity contribution in [3.8, 4) is 0 Å². The maximum absolute atomic E-state index is 2.67. The van der Waals surface area contributed by atoms with Crippen LogP contribution in [0.15, 0.2) is 0 Å². The highest BCUT2D eigenvalue weighted by atomic mass is 15.3. The van der Waals surface area contributed by atoms with E-state index in [2.05, 4.69) is 58.5 Å². The van der Waals surface area contributed by atoms with Gasteiger partial charge in [0.25, 0.3) is 0 Å². The van der Waals surface area contributed by atoms with Crippen molar-refractivity contribution >= 4 is 0 Å². The summed E-state index contributed by atoms with van der Waals surface area (Å²) in [5, 5.41) is 0. The van der Waals surface area contributed by atoms with E-state index in [1.165, 1.54) is 25.9 Å². The van der Waals surface area contributed by atoms with Crippen LogP contribution in [0.2, 0.25) is 0 Å². The summed E-state index contributed by atoms with van der Waals surface area (Å²) in [4.78, 5) is 5.04. The summed E-state index contributed by atoms with van der Waals surface area (Å²) >= 11 is 0. The molecule has 0 aromatic carbocycles. The highest BCUT2D eigenvalue weighted by Crippen LogP contribution is 2.33. The summed E-state index contributed by atoms with van der Waals surface area (Å²) in [5.74, 6) is 0. The standard InChI is InChI=1S/C14H30N2/c1-13(2,3)11-14(4,5)16-9-8-12(10-16)15(6)7/h12H,8-11H2,1-7H3. The fourth-order valence-electron chi connectivity index (χ4n) is 3.12. The summed E-state index contributed by atoms with van der Waals surface area (Å²) in [6.45, 7) is 14.3. The topological polar surface area (TPSA) is 6.48 Å². The van der Waals surface area contributed by atoms with Gasteiger partial charge in [0.05, 0.1) is 0 Å². The fourth-order valence-corrected chi connectivity index (χ4v) is 3.12. The summed E-state index contributed by atoms with van der Waals surface area (Å²) in [6, 6.07) is 0.749. The molecule has 1 fully saturated rings. The maximum atomic E-state index is 2.67. The van der Waals surface area contributed by atoms with Crippen molar-refractivity contribution in [3.05, 3.63) is 0 Å². The zero-order chi connectivity index (χ0) is 12.6. The molecule has 2 heteroatoms. The first kappa shape index (κ1) is 14.0. The highest BCUT2D eigenvalue weighted by molar-refractivity contribution is 4.92. The molecule has 96 valence electrons. The van der Waals surface area contributed by atoms with Crippen molar-refractivity contribution in [1.82, 2.24) is 9.80 Å². The van der Waals surface area contributed by atoms with E-state index < -0.39 is 0 Å². The van der Waals surface area contributed by atoms with Gasteiger partial charge >= 0.3 is 0 Å². The van der Waals surface area contributed by atoms with Gasteiger partial charge < -0.3 is 4.90 Å². The molecule has 1 aliphatic heterocycles. The Morgan fingerprint density at radius 3 is 2.06 bits per heavy atom. The van der Waals surface area contributed by atoms with E-state index >= 15 is 0 Å². The second kappa shape index (κ2) is 4.66. The minimum atomic E-state index is 0.336. The lowest BCUT2D eigenvalue weighted by Gasteiger charge is -2.40. The van der Waals surface area contributed by atoms with E-state index in [1.807, 2.05) is 0 Å². The van der Waals surface area contributed by atoms with E-state index in [0.717, 1.165) is 6.04 Å². The molecule has 0 N–H and O–H groups in total. The quantitative estimate of drug-likeness (QED) is 0.730. The SMILES string of the molecule is CN(C)C1CCN(C(C)(C)CC(C)(C)C)C1. The van der Waals surface area contributed by atoms with Crippen molar-refractivity contribution in [2.45, 2.75) is 59.0 Å². The van der Waals surface area contributed by atoms with E-state index in [0.29, 0.717) is 11.0 Å². The van der Waals surface area contributed by atoms with Gasteiger partial charge in [-0.1, -0.05) is 20.8 Å². The Labute approximate surface area is 102 Å². The first-order chi connectivity index (χ1) is 7.12. The number of hydrogen-bond donors (Lipinski definition) is 0. The van der Waals surface area contributed by atoms with E-state index in [-0.39, 0.29) is 0 Å². The lowest BCUT2D eigenvalue weighted by Crippen LogP contribution is -2.46. The normalized spacial score (nSPS) is 24.4. The molecule has 0 amide bonds. The van der Waals surface area contributed by atoms with Crippen LogP contribution in [0.5, 0.6) is 0 Å². The molecule has 2 nitrogen and oxygen atoms in total. The molecule has 0 bridgehead atoms. The number of hydrogen-bond acceptors (Lipinski definition) is 2. The molecule has 16 heavy (non-hydrogen) atoms. The smallest absolute Gasteiger partial charge is 0.0229 e. The van der Waals surface area contributed by atoms with Gasteiger partial charge in [-0.3, -0.25) is 4.90 Å². The van der Waals surface area contributed by atoms with Gasteiger partial charge in [-0.15, -0.1) is 0 Å². The maximum Gasteiger partial charge on any atom is 0.0229 e. The van der Waals surface area contributed by atoms with Gasteiger partial charge in [0, 0.05) is 24.7 Å². The average Bonchev–Trinajstić information content (AvgIpc) is 2.46. The predicted molar refractivity (Wildman–Crippen MR) is 71.8 cm³/mol. The lowest BCUT2D eigenvalue weighted by molar-refractivity contribution is 0.0945. The molecule has 1 unspecified atom stereocenters. The van der Waals surface area contributed by atoms with Gasteiger partial charge in [-0.25, -0.2) is 0 Å². The first-order valence-electron chi connectivity index (χ1n) is 6.53. The van der Waals surface area contributed by atoms with Gasteiger partial charge in [0.2, 0.25) is 0 Å². The Hall–Kier alpha value is -0.0800. The van der Waals surface area contributed by atoms with Crippen LogP contribution >= 0.6 is 0 Å². The second-order valence-electron chi connectivity index (χ2n) is 7.40. The van der Waals surface area contributed by atoms with Crippen molar-refractivity contribution in [2.75, 3.05) is 27.2 Å². The third-order valence-electron chi connectivity index (χ3n) is 3.71. The first-order valence-corrected chi connectivity index (χ1v) is 6.53. The van der Waals surface area contributed by atoms with Crippen molar-refractivity contribution in [1.29, 1.82) is 0 Å². The van der Waals surface area contributed by atoms with Crippen LogP contribution in [-0.2, 0) is 0 Å². The molecular weight excluding hydrogens is 196 g/mol. The Bertz CT molecular complexity index is 225. The zero-order valence-corrected chi connectivity index (χ0v) is 12.3. The Kier molecular flexibility index (Phi) is 4.07. The van der Waals surface area contributed by atoms with Gasteiger partial charge in [0.1, 0.15) is 0 Å². The van der Waals surface area contributed by atoms with Crippen LogP contribution in [0.3, 0.4) is 0 Å².